The SMILES string of the molecule is C=CCN1CC(=O)N2[C@@H](Cc3ccc(O)cc3)C(=O)N(Cc3ccc4c(c3)OCCN4C)C[C@@H]2N1C(=O)NCc1ccccc1. The summed E-state index contributed by atoms with van der Waals surface area (Å²) < 4.78 is 5.92. The van der Waals surface area contributed by atoms with Gasteiger partial charge in [0.25, 0.3) is 0 Å². The highest BCUT2D eigenvalue weighted by Gasteiger charge is 2.51. The summed E-state index contributed by atoms with van der Waals surface area (Å²) in [6.07, 6.45) is 1.14. The van der Waals surface area contributed by atoms with E-state index in [0.717, 1.165) is 34.7 Å². The van der Waals surface area contributed by atoms with Gasteiger partial charge in [-0.15, -0.1) is 6.58 Å². The highest BCUT2D eigenvalue weighted by atomic mass is 16.5. The van der Waals surface area contributed by atoms with Gasteiger partial charge in [-0.25, -0.2) is 14.8 Å². The Morgan fingerprint density at radius 1 is 1.04 bits per heavy atom. The van der Waals surface area contributed by atoms with Crippen LogP contribution in [-0.2, 0) is 29.1 Å². The van der Waals surface area contributed by atoms with Crippen LogP contribution >= 0.6 is 0 Å². The summed E-state index contributed by atoms with van der Waals surface area (Å²) in [4.78, 5) is 47.3. The number of piperazine rings is 1. The van der Waals surface area contributed by atoms with Gasteiger partial charge in [0.05, 0.1) is 25.3 Å². The third-order valence-corrected chi connectivity index (χ3v) is 8.52. The van der Waals surface area contributed by atoms with Gasteiger partial charge in [0.15, 0.2) is 0 Å². The van der Waals surface area contributed by atoms with E-state index < -0.39 is 12.2 Å². The fourth-order valence-electron chi connectivity index (χ4n) is 6.27. The largest absolute Gasteiger partial charge is 0.508 e. The molecule has 3 heterocycles. The molecule has 11 heteroatoms. The zero-order valence-electron chi connectivity index (χ0n) is 25.3. The zero-order valence-corrected chi connectivity index (χ0v) is 25.3. The van der Waals surface area contributed by atoms with Crippen LogP contribution in [0.1, 0.15) is 16.7 Å². The molecule has 0 unspecified atom stereocenters. The highest BCUT2D eigenvalue weighted by Crippen LogP contribution is 2.34. The first kappa shape index (κ1) is 30.0. The number of hydrazine groups is 1. The van der Waals surface area contributed by atoms with Crippen molar-refractivity contribution in [3.05, 3.63) is 102 Å². The Balaban J connectivity index is 1.33. The first-order valence-corrected chi connectivity index (χ1v) is 15.1. The van der Waals surface area contributed by atoms with Gasteiger partial charge < -0.3 is 29.9 Å². The topological polar surface area (TPSA) is 109 Å². The number of nitrogens with one attached hydrogen (secondary N) is 1. The number of rotatable bonds is 8. The van der Waals surface area contributed by atoms with Gasteiger partial charge in [-0.2, -0.15) is 0 Å². The number of likely N-dealkylation sites (N-methyl/N-ethyl adjacent to an activating group) is 1. The summed E-state index contributed by atoms with van der Waals surface area (Å²) >= 11 is 0. The Kier molecular flexibility index (Phi) is 8.61. The van der Waals surface area contributed by atoms with Crippen LogP contribution in [-0.4, -0.2) is 94.8 Å². The van der Waals surface area contributed by atoms with E-state index in [2.05, 4.69) is 16.8 Å². The average molecular weight is 611 g/mol. The number of fused-ring (bicyclic) bond motifs is 2. The molecule has 45 heavy (non-hydrogen) atoms. The molecule has 3 aromatic rings. The Labute approximate surface area is 262 Å². The van der Waals surface area contributed by atoms with Crippen molar-refractivity contribution in [2.75, 3.05) is 44.7 Å². The molecule has 0 aromatic heterocycles. The summed E-state index contributed by atoms with van der Waals surface area (Å²) in [6, 6.07) is 21.0. The lowest BCUT2D eigenvalue weighted by Crippen LogP contribution is -2.76. The van der Waals surface area contributed by atoms with E-state index in [1.807, 2.05) is 55.6 Å². The standard InChI is InChI=1S/C34H38N6O5/c1-3-15-38-23-32(42)39-29(18-24-9-12-27(41)13-10-24)33(43)37(21-26-11-14-28-30(19-26)45-17-16-36(28)2)22-31(39)40(38)34(44)35-20-25-7-5-4-6-8-25/h3-14,19,29,31,41H,1,15-18,20-23H2,2H3,(H,35,44)/t29-,31-/m0/s1. The van der Waals surface area contributed by atoms with Crippen LogP contribution in [0, 0.1) is 0 Å². The molecule has 2 fully saturated rings. The maximum absolute atomic E-state index is 14.2. The fourth-order valence-corrected chi connectivity index (χ4v) is 6.27. The van der Waals surface area contributed by atoms with Crippen molar-refractivity contribution in [3.8, 4) is 11.5 Å². The molecule has 2 atom stereocenters. The maximum Gasteiger partial charge on any atom is 0.334 e. The van der Waals surface area contributed by atoms with Crippen LogP contribution in [0.4, 0.5) is 10.5 Å². The second kappa shape index (κ2) is 12.9. The van der Waals surface area contributed by atoms with Crippen LogP contribution < -0.4 is 15.0 Å². The fraction of sp³-hybridized carbons (Fsp3) is 0.324. The number of amides is 4. The van der Waals surface area contributed by atoms with Crippen molar-refractivity contribution in [1.82, 2.24) is 25.1 Å². The van der Waals surface area contributed by atoms with Crippen molar-refractivity contribution < 1.29 is 24.2 Å². The number of nitrogens with zero attached hydrogens (tertiary/aromatic N) is 5. The number of ether oxygens (including phenoxy) is 1. The van der Waals surface area contributed by atoms with Gasteiger partial charge in [-0.05, 0) is 41.0 Å². The number of carbonyl (C=O) groups is 3. The number of phenols is 1. The Bertz CT molecular complexity index is 1570. The average Bonchev–Trinajstić information content (AvgIpc) is 3.03. The maximum atomic E-state index is 14.2. The van der Waals surface area contributed by atoms with Crippen LogP contribution in [0.25, 0.3) is 0 Å². The summed E-state index contributed by atoms with van der Waals surface area (Å²) in [5, 5.41) is 16.1. The van der Waals surface area contributed by atoms with E-state index in [0.29, 0.717) is 13.2 Å². The molecular formula is C34H38N6O5. The first-order chi connectivity index (χ1) is 21.8. The van der Waals surface area contributed by atoms with E-state index in [4.69, 9.17) is 4.74 Å². The third kappa shape index (κ3) is 6.30. The molecule has 11 nitrogen and oxygen atoms in total. The second-order valence-electron chi connectivity index (χ2n) is 11.6. The summed E-state index contributed by atoms with van der Waals surface area (Å²) in [5.74, 6) is 0.435. The molecule has 2 N–H and O–H groups in total. The van der Waals surface area contributed by atoms with Crippen molar-refractivity contribution in [2.24, 2.45) is 0 Å². The van der Waals surface area contributed by atoms with Gasteiger partial charge in [-0.3, -0.25) is 9.59 Å². The van der Waals surface area contributed by atoms with Crippen LogP contribution in [0.5, 0.6) is 11.5 Å². The quantitative estimate of drug-likeness (QED) is 0.378. The van der Waals surface area contributed by atoms with Crippen LogP contribution in [0.2, 0.25) is 0 Å². The number of aromatic hydroxyl groups is 1. The normalized spacial score (nSPS) is 19.9. The number of hydrogen-bond acceptors (Lipinski definition) is 7. The Hall–Kier alpha value is -5.03. The van der Waals surface area contributed by atoms with E-state index in [9.17, 15) is 19.5 Å². The van der Waals surface area contributed by atoms with Crippen molar-refractivity contribution in [3.63, 3.8) is 0 Å². The van der Waals surface area contributed by atoms with Crippen LogP contribution in [0.15, 0.2) is 85.5 Å². The number of hydrogen-bond donors (Lipinski definition) is 2. The number of urea groups is 1. The minimum absolute atomic E-state index is 0.0731. The molecule has 6 rings (SSSR count). The summed E-state index contributed by atoms with van der Waals surface area (Å²) in [7, 11) is 2.02. The van der Waals surface area contributed by atoms with E-state index >= 15 is 0 Å². The minimum atomic E-state index is -0.851. The molecule has 0 aliphatic carbocycles. The monoisotopic (exact) mass is 610 g/mol. The van der Waals surface area contributed by atoms with Gasteiger partial charge >= 0.3 is 6.03 Å². The number of benzene rings is 3. The third-order valence-electron chi connectivity index (χ3n) is 8.52. The van der Waals surface area contributed by atoms with Gasteiger partial charge in [0, 0.05) is 33.1 Å². The van der Waals surface area contributed by atoms with Gasteiger partial charge in [0.2, 0.25) is 11.8 Å². The Morgan fingerprint density at radius 2 is 1.80 bits per heavy atom. The first-order valence-electron chi connectivity index (χ1n) is 15.1. The second-order valence-corrected chi connectivity index (χ2v) is 11.6. The smallest absolute Gasteiger partial charge is 0.334 e. The summed E-state index contributed by atoms with van der Waals surface area (Å²) in [6.45, 7) is 6.14. The zero-order chi connectivity index (χ0) is 31.5. The van der Waals surface area contributed by atoms with E-state index in [-0.39, 0.29) is 56.2 Å². The molecule has 0 radical (unpaired) electrons. The highest BCUT2D eigenvalue weighted by molar-refractivity contribution is 5.91. The summed E-state index contributed by atoms with van der Waals surface area (Å²) in [5.41, 5.74) is 3.61. The lowest BCUT2D eigenvalue weighted by molar-refractivity contribution is -0.189. The lowest BCUT2D eigenvalue weighted by Gasteiger charge is -2.55. The van der Waals surface area contributed by atoms with E-state index in [1.165, 1.54) is 0 Å². The molecule has 0 spiro atoms. The molecule has 3 aromatic carbocycles. The molecule has 0 saturated carbocycles. The molecule has 4 amide bonds. The van der Waals surface area contributed by atoms with Crippen molar-refractivity contribution in [1.29, 1.82) is 0 Å². The van der Waals surface area contributed by atoms with E-state index in [1.54, 1.807) is 50.2 Å². The number of anilines is 1. The van der Waals surface area contributed by atoms with Crippen LogP contribution in [0.3, 0.4) is 0 Å². The molecule has 2 saturated heterocycles. The van der Waals surface area contributed by atoms with Crippen molar-refractivity contribution in [2.45, 2.75) is 31.7 Å². The lowest BCUT2D eigenvalue weighted by atomic mass is 9.98. The van der Waals surface area contributed by atoms with Crippen molar-refractivity contribution >= 4 is 23.5 Å². The van der Waals surface area contributed by atoms with Gasteiger partial charge in [0.1, 0.15) is 30.3 Å². The number of carbonyl (C=O) groups excluding carboxylic acids is 3. The number of phenolic OH excluding ortho intramolecular Hbond substituents is 1. The molecule has 0 bridgehead atoms. The predicted molar refractivity (Wildman–Crippen MR) is 169 cm³/mol. The molecule has 234 valence electrons. The van der Waals surface area contributed by atoms with Gasteiger partial charge in [-0.1, -0.05) is 54.6 Å². The molecule has 3 aliphatic rings. The molecule has 3 aliphatic heterocycles. The minimum Gasteiger partial charge on any atom is -0.508 e. The predicted octanol–water partition coefficient (Wildman–Crippen LogP) is 2.96. The Morgan fingerprint density at radius 3 is 2.56 bits per heavy atom. The molecular weight excluding hydrogens is 572 g/mol.